The third-order valence-electron chi connectivity index (χ3n) is 3.20. The summed E-state index contributed by atoms with van der Waals surface area (Å²) in [6.45, 7) is 2.19. The number of nitrogens with zero attached hydrogens (tertiary/aromatic N) is 1. The molecule has 2 N–H and O–H groups in total. The second kappa shape index (κ2) is 6.54. The molecule has 0 heterocycles. The summed E-state index contributed by atoms with van der Waals surface area (Å²) in [5.74, 6) is -0.265. The molecule has 0 radical (unpaired) electrons. The molecule has 0 saturated heterocycles. The molecule has 5 nitrogen and oxygen atoms in total. The average Bonchev–Trinajstić information content (AvgIpc) is 3.22. The fourth-order valence-corrected chi connectivity index (χ4v) is 2.02. The van der Waals surface area contributed by atoms with Crippen molar-refractivity contribution >= 4 is 5.97 Å². The van der Waals surface area contributed by atoms with Crippen LogP contribution in [-0.2, 0) is 0 Å². The summed E-state index contributed by atoms with van der Waals surface area (Å²) in [5.41, 5.74) is 0.257. The van der Waals surface area contributed by atoms with Crippen molar-refractivity contribution in [2.75, 3.05) is 26.3 Å². The third-order valence-corrected chi connectivity index (χ3v) is 3.20. The van der Waals surface area contributed by atoms with Gasteiger partial charge in [0.15, 0.2) is 0 Å². The zero-order valence-electron chi connectivity index (χ0n) is 10.8. The van der Waals surface area contributed by atoms with Crippen LogP contribution in [0, 0.1) is 0 Å². The molecular weight excluding hydrogens is 246 g/mol. The number of aliphatic hydroxyl groups is 1. The Balaban J connectivity index is 1.76. The van der Waals surface area contributed by atoms with Crippen molar-refractivity contribution < 1.29 is 19.7 Å². The Morgan fingerprint density at radius 1 is 1.26 bits per heavy atom. The van der Waals surface area contributed by atoms with Crippen molar-refractivity contribution in [2.45, 2.75) is 18.9 Å². The summed E-state index contributed by atoms with van der Waals surface area (Å²) >= 11 is 0. The Kier molecular flexibility index (Phi) is 4.76. The van der Waals surface area contributed by atoms with Gasteiger partial charge in [-0.05, 0) is 37.1 Å². The Labute approximate surface area is 112 Å². The number of rotatable bonds is 8. The van der Waals surface area contributed by atoms with Crippen LogP contribution in [0.1, 0.15) is 23.2 Å². The van der Waals surface area contributed by atoms with E-state index in [2.05, 4.69) is 4.90 Å². The van der Waals surface area contributed by atoms with Gasteiger partial charge in [-0.25, -0.2) is 4.79 Å². The maximum Gasteiger partial charge on any atom is 0.335 e. The molecule has 0 bridgehead atoms. The summed E-state index contributed by atoms with van der Waals surface area (Å²) in [7, 11) is 0. The predicted molar refractivity (Wildman–Crippen MR) is 70.6 cm³/mol. The maximum atomic E-state index is 10.7. The van der Waals surface area contributed by atoms with Gasteiger partial charge in [-0.3, -0.25) is 4.90 Å². The molecule has 1 aliphatic carbocycles. The lowest BCUT2D eigenvalue weighted by molar-refractivity contribution is 0.0697. The first kappa shape index (κ1) is 13.8. The molecule has 0 unspecified atom stereocenters. The van der Waals surface area contributed by atoms with Crippen LogP contribution in [0.15, 0.2) is 24.3 Å². The van der Waals surface area contributed by atoms with E-state index in [1.807, 2.05) is 0 Å². The van der Waals surface area contributed by atoms with Crippen LogP contribution in [0.5, 0.6) is 5.75 Å². The van der Waals surface area contributed by atoms with Gasteiger partial charge in [-0.1, -0.05) is 0 Å². The van der Waals surface area contributed by atoms with Crippen molar-refractivity contribution in [1.29, 1.82) is 0 Å². The standard InChI is InChI=1S/C14H19NO4/c16-9-7-15(12-3-4-12)8-10-19-13-5-1-11(2-6-13)14(17)18/h1-2,5-6,12,16H,3-4,7-10H2,(H,17,18). The van der Waals surface area contributed by atoms with E-state index in [0.717, 1.165) is 6.54 Å². The maximum absolute atomic E-state index is 10.7. The molecule has 1 fully saturated rings. The number of aliphatic hydroxyl groups excluding tert-OH is 1. The van der Waals surface area contributed by atoms with Crippen LogP contribution in [0.25, 0.3) is 0 Å². The van der Waals surface area contributed by atoms with Gasteiger partial charge in [-0.15, -0.1) is 0 Å². The number of hydrogen-bond acceptors (Lipinski definition) is 4. The first-order valence-corrected chi connectivity index (χ1v) is 6.52. The molecule has 1 aromatic rings. The van der Waals surface area contributed by atoms with Crippen molar-refractivity contribution in [3.63, 3.8) is 0 Å². The van der Waals surface area contributed by atoms with E-state index in [0.29, 0.717) is 24.9 Å². The van der Waals surface area contributed by atoms with Crippen LogP contribution in [0.4, 0.5) is 0 Å². The van der Waals surface area contributed by atoms with Crippen LogP contribution < -0.4 is 4.74 Å². The highest BCUT2D eigenvalue weighted by Crippen LogP contribution is 2.26. The van der Waals surface area contributed by atoms with Gasteiger partial charge in [0.2, 0.25) is 0 Å². The van der Waals surface area contributed by atoms with Crippen molar-refractivity contribution in [3.05, 3.63) is 29.8 Å². The van der Waals surface area contributed by atoms with E-state index >= 15 is 0 Å². The van der Waals surface area contributed by atoms with Gasteiger partial charge in [0.25, 0.3) is 0 Å². The summed E-state index contributed by atoms with van der Waals surface area (Å²) in [4.78, 5) is 12.9. The first-order valence-electron chi connectivity index (χ1n) is 6.52. The third kappa shape index (κ3) is 4.22. The van der Waals surface area contributed by atoms with E-state index in [-0.39, 0.29) is 12.2 Å². The molecule has 19 heavy (non-hydrogen) atoms. The zero-order valence-corrected chi connectivity index (χ0v) is 10.8. The van der Waals surface area contributed by atoms with Crippen molar-refractivity contribution in [1.82, 2.24) is 4.90 Å². The Bertz CT molecular complexity index is 414. The number of benzene rings is 1. The molecule has 5 heteroatoms. The predicted octanol–water partition coefficient (Wildman–Crippen LogP) is 1.22. The molecule has 0 atom stereocenters. The van der Waals surface area contributed by atoms with E-state index in [9.17, 15) is 4.79 Å². The van der Waals surface area contributed by atoms with Gasteiger partial charge in [0.05, 0.1) is 12.2 Å². The van der Waals surface area contributed by atoms with E-state index in [1.165, 1.54) is 25.0 Å². The summed E-state index contributed by atoms with van der Waals surface area (Å²) in [6.07, 6.45) is 2.40. The number of carboxylic acid groups (broad SMARTS) is 1. The minimum absolute atomic E-state index is 0.170. The second-order valence-corrected chi connectivity index (χ2v) is 4.67. The van der Waals surface area contributed by atoms with E-state index in [1.54, 1.807) is 12.1 Å². The number of hydrogen-bond donors (Lipinski definition) is 2. The SMILES string of the molecule is O=C(O)c1ccc(OCCN(CCO)C2CC2)cc1. The number of carboxylic acids is 1. The lowest BCUT2D eigenvalue weighted by Crippen LogP contribution is -2.33. The van der Waals surface area contributed by atoms with E-state index < -0.39 is 5.97 Å². The van der Waals surface area contributed by atoms with Crippen molar-refractivity contribution in [3.8, 4) is 5.75 Å². The van der Waals surface area contributed by atoms with Gasteiger partial charge in [0.1, 0.15) is 12.4 Å². The van der Waals surface area contributed by atoms with Gasteiger partial charge >= 0.3 is 5.97 Å². The number of carbonyl (C=O) groups is 1. The van der Waals surface area contributed by atoms with Gasteiger partial charge in [-0.2, -0.15) is 0 Å². The Morgan fingerprint density at radius 3 is 2.47 bits per heavy atom. The van der Waals surface area contributed by atoms with Gasteiger partial charge in [0, 0.05) is 19.1 Å². The minimum Gasteiger partial charge on any atom is -0.492 e. The van der Waals surface area contributed by atoms with Gasteiger partial charge < -0.3 is 14.9 Å². The monoisotopic (exact) mass is 265 g/mol. The highest BCUT2D eigenvalue weighted by molar-refractivity contribution is 5.87. The largest absolute Gasteiger partial charge is 0.492 e. The normalized spacial score (nSPS) is 14.6. The van der Waals surface area contributed by atoms with Crippen LogP contribution in [0.2, 0.25) is 0 Å². The highest BCUT2D eigenvalue weighted by Gasteiger charge is 2.28. The first-order chi connectivity index (χ1) is 9.20. The second-order valence-electron chi connectivity index (χ2n) is 4.67. The molecular formula is C14H19NO4. The average molecular weight is 265 g/mol. The molecule has 2 rings (SSSR count). The van der Waals surface area contributed by atoms with E-state index in [4.69, 9.17) is 14.9 Å². The lowest BCUT2D eigenvalue weighted by Gasteiger charge is -2.20. The smallest absolute Gasteiger partial charge is 0.335 e. The van der Waals surface area contributed by atoms with Crippen LogP contribution >= 0.6 is 0 Å². The van der Waals surface area contributed by atoms with Crippen LogP contribution in [0.3, 0.4) is 0 Å². The molecule has 1 aliphatic rings. The molecule has 104 valence electrons. The molecule has 0 aromatic heterocycles. The fraction of sp³-hybridized carbons (Fsp3) is 0.500. The molecule has 1 saturated carbocycles. The molecule has 0 amide bonds. The Hall–Kier alpha value is -1.59. The molecule has 0 spiro atoms. The molecule has 0 aliphatic heterocycles. The van der Waals surface area contributed by atoms with Crippen LogP contribution in [-0.4, -0.2) is 53.4 Å². The Morgan fingerprint density at radius 2 is 1.95 bits per heavy atom. The zero-order chi connectivity index (χ0) is 13.7. The lowest BCUT2D eigenvalue weighted by atomic mass is 10.2. The minimum atomic E-state index is -0.936. The number of aromatic carboxylic acids is 1. The summed E-state index contributed by atoms with van der Waals surface area (Å²) in [6, 6.07) is 6.99. The number of ether oxygens (including phenoxy) is 1. The summed E-state index contributed by atoms with van der Waals surface area (Å²) < 4.78 is 5.58. The van der Waals surface area contributed by atoms with Crippen molar-refractivity contribution in [2.24, 2.45) is 0 Å². The fourth-order valence-electron chi connectivity index (χ4n) is 2.02. The molecule has 1 aromatic carbocycles. The summed E-state index contributed by atoms with van der Waals surface area (Å²) in [5, 5.41) is 17.8. The topological polar surface area (TPSA) is 70.0 Å². The quantitative estimate of drug-likeness (QED) is 0.739. The highest BCUT2D eigenvalue weighted by atomic mass is 16.5.